The van der Waals surface area contributed by atoms with Gasteiger partial charge in [-0.1, -0.05) is 0 Å². The van der Waals surface area contributed by atoms with E-state index in [9.17, 15) is 22.4 Å². The predicted octanol–water partition coefficient (Wildman–Crippen LogP) is 2.74. The second kappa shape index (κ2) is 6.21. The molecule has 3 rings (SSSR count). The molecule has 1 fully saturated rings. The van der Waals surface area contributed by atoms with Gasteiger partial charge in [0.05, 0.1) is 5.56 Å². The number of hydrogen-bond donors (Lipinski definition) is 1. The van der Waals surface area contributed by atoms with Crippen molar-refractivity contribution in [2.45, 2.75) is 31.5 Å². The van der Waals surface area contributed by atoms with Crippen LogP contribution < -0.4 is 5.32 Å². The fraction of sp³-hybridized carbons (Fsp3) is 0.400. The lowest BCUT2D eigenvalue weighted by molar-refractivity contribution is -0.140. The molecule has 0 radical (unpaired) electrons. The summed E-state index contributed by atoms with van der Waals surface area (Å²) in [6, 6.07) is 2.57. The van der Waals surface area contributed by atoms with Crippen molar-refractivity contribution in [2.24, 2.45) is 0 Å². The molecule has 128 valence electrons. The Labute approximate surface area is 134 Å². The first-order valence-electron chi connectivity index (χ1n) is 7.39. The van der Waals surface area contributed by atoms with Crippen molar-refractivity contribution in [3.05, 3.63) is 47.3 Å². The zero-order valence-corrected chi connectivity index (χ0v) is 12.5. The van der Waals surface area contributed by atoms with Gasteiger partial charge in [-0.3, -0.25) is 4.79 Å². The number of carbonyl (C=O) groups excluding carboxylic acids is 1. The molecule has 1 aliphatic rings. The average molecular weight is 342 g/mol. The summed E-state index contributed by atoms with van der Waals surface area (Å²) in [6.07, 6.45) is -0.679. The molecule has 0 atom stereocenters. The van der Waals surface area contributed by atoms with E-state index in [-0.39, 0.29) is 12.1 Å². The molecule has 0 bridgehead atoms. The maximum atomic E-state index is 13.2. The van der Waals surface area contributed by atoms with Crippen molar-refractivity contribution in [1.82, 2.24) is 20.1 Å². The van der Waals surface area contributed by atoms with Gasteiger partial charge >= 0.3 is 6.18 Å². The van der Waals surface area contributed by atoms with Crippen LogP contribution in [0, 0.1) is 5.82 Å². The molecule has 1 aliphatic carbocycles. The number of hydrogen-bond acceptors (Lipinski definition) is 3. The van der Waals surface area contributed by atoms with E-state index in [0.717, 1.165) is 18.9 Å². The number of nitrogens with one attached hydrogen (secondary N) is 1. The molecule has 9 heteroatoms. The lowest BCUT2D eigenvalue weighted by Crippen LogP contribution is -2.27. The summed E-state index contributed by atoms with van der Waals surface area (Å²) in [6.45, 7) is 0.197. The van der Waals surface area contributed by atoms with Gasteiger partial charge in [0.25, 0.3) is 5.91 Å². The zero-order chi connectivity index (χ0) is 17.3. The molecule has 1 saturated carbocycles. The van der Waals surface area contributed by atoms with Crippen molar-refractivity contribution in [3.8, 4) is 0 Å². The second-order valence-corrected chi connectivity index (χ2v) is 5.58. The Bertz CT molecular complexity index is 752. The molecule has 1 amide bonds. The molecule has 1 aromatic carbocycles. The molecule has 24 heavy (non-hydrogen) atoms. The SMILES string of the molecule is O=C(NCCc1nncn1C1CC1)c1ccc(F)c(C(F)(F)F)c1. The fourth-order valence-electron chi connectivity index (χ4n) is 2.38. The van der Waals surface area contributed by atoms with Crippen molar-refractivity contribution in [1.29, 1.82) is 0 Å². The first kappa shape index (κ1) is 16.4. The maximum absolute atomic E-state index is 13.2. The standard InChI is InChI=1S/C15H14F4N4O/c16-12-4-1-9(7-11(12)15(17,18)19)14(24)20-6-5-13-22-21-8-23(13)10-2-3-10/h1,4,7-8,10H,2-3,5-6H2,(H,20,24). The average Bonchev–Trinajstić information content (AvgIpc) is 3.26. The summed E-state index contributed by atoms with van der Waals surface area (Å²) >= 11 is 0. The van der Waals surface area contributed by atoms with Crippen LogP contribution in [0.2, 0.25) is 0 Å². The van der Waals surface area contributed by atoms with Crippen molar-refractivity contribution in [2.75, 3.05) is 6.54 Å². The molecular formula is C15H14F4N4O. The van der Waals surface area contributed by atoms with Gasteiger partial charge in [-0.2, -0.15) is 13.2 Å². The van der Waals surface area contributed by atoms with Crippen LogP contribution in [-0.4, -0.2) is 27.2 Å². The van der Waals surface area contributed by atoms with Crippen molar-refractivity contribution < 1.29 is 22.4 Å². The first-order chi connectivity index (χ1) is 11.4. The Hall–Kier alpha value is -2.45. The van der Waals surface area contributed by atoms with E-state index in [1.54, 1.807) is 6.33 Å². The van der Waals surface area contributed by atoms with E-state index in [0.29, 0.717) is 30.4 Å². The molecule has 5 nitrogen and oxygen atoms in total. The minimum Gasteiger partial charge on any atom is -0.352 e. The third-order valence-electron chi connectivity index (χ3n) is 3.76. The van der Waals surface area contributed by atoms with Gasteiger partial charge in [0.2, 0.25) is 0 Å². The van der Waals surface area contributed by atoms with Crippen molar-refractivity contribution >= 4 is 5.91 Å². The molecule has 1 aromatic heterocycles. The van der Waals surface area contributed by atoms with E-state index < -0.39 is 23.5 Å². The molecule has 2 aromatic rings. The van der Waals surface area contributed by atoms with Crippen LogP contribution in [-0.2, 0) is 12.6 Å². The number of carbonyl (C=O) groups is 1. The van der Waals surface area contributed by atoms with Crippen LogP contribution >= 0.6 is 0 Å². The Kier molecular flexibility index (Phi) is 4.25. The Morgan fingerprint density at radius 2 is 2.08 bits per heavy atom. The summed E-state index contributed by atoms with van der Waals surface area (Å²) in [5.74, 6) is -1.39. The number of aromatic nitrogens is 3. The normalized spacial score (nSPS) is 14.7. The number of nitrogens with zero attached hydrogens (tertiary/aromatic N) is 3. The number of rotatable bonds is 5. The minimum atomic E-state index is -4.85. The van der Waals surface area contributed by atoms with Crippen LogP contribution in [0.15, 0.2) is 24.5 Å². The summed E-state index contributed by atoms with van der Waals surface area (Å²) in [5, 5.41) is 10.3. The van der Waals surface area contributed by atoms with Crippen LogP contribution in [0.3, 0.4) is 0 Å². The van der Waals surface area contributed by atoms with Crippen LogP contribution in [0.5, 0.6) is 0 Å². The third kappa shape index (κ3) is 3.55. The highest BCUT2D eigenvalue weighted by molar-refractivity contribution is 5.94. The van der Waals surface area contributed by atoms with Gasteiger partial charge in [-0.05, 0) is 31.0 Å². The van der Waals surface area contributed by atoms with Gasteiger partial charge in [0.15, 0.2) is 0 Å². The van der Waals surface area contributed by atoms with Gasteiger partial charge in [0.1, 0.15) is 18.0 Å². The number of benzene rings is 1. The predicted molar refractivity (Wildman–Crippen MR) is 75.7 cm³/mol. The van der Waals surface area contributed by atoms with Gasteiger partial charge in [-0.25, -0.2) is 4.39 Å². The van der Waals surface area contributed by atoms with E-state index >= 15 is 0 Å². The van der Waals surface area contributed by atoms with Gasteiger partial charge in [-0.15, -0.1) is 10.2 Å². The van der Waals surface area contributed by atoms with E-state index in [2.05, 4.69) is 15.5 Å². The smallest absolute Gasteiger partial charge is 0.352 e. The maximum Gasteiger partial charge on any atom is 0.419 e. The molecule has 0 saturated heterocycles. The summed E-state index contributed by atoms with van der Waals surface area (Å²) < 4.78 is 53.2. The fourth-order valence-corrected chi connectivity index (χ4v) is 2.38. The summed E-state index contributed by atoms with van der Waals surface area (Å²) in [4.78, 5) is 12.0. The highest BCUT2D eigenvalue weighted by Crippen LogP contribution is 2.35. The largest absolute Gasteiger partial charge is 0.419 e. The molecule has 1 heterocycles. The number of halogens is 4. The van der Waals surface area contributed by atoms with Crippen molar-refractivity contribution in [3.63, 3.8) is 0 Å². The summed E-state index contributed by atoms with van der Waals surface area (Å²) in [7, 11) is 0. The molecular weight excluding hydrogens is 328 g/mol. The molecule has 1 N–H and O–H groups in total. The van der Waals surface area contributed by atoms with Crippen LogP contribution in [0.25, 0.3) is 0 Å². The van der Waals surface area contributed by atoms with E-state index in [1.165, 1.54) is 0 Å². The zero-order valence-electron chi connectivity index (χ0n) is 12.5. The quantitative estimate of drug-likeness (QED) is 0.850. The third-order valence-corrected chi connectivity index (χ3v) is 3.76. The Balaban J connectivity index is 1.62. The first-order valence-corrected chi connectivity index (χ1v) is 7.39. The molecule has 0 unspecified atom stereocenters. The van der Waals surface area contributed by atoms with Gasteiger partial charge < -0.3 is 9.88 Å². The van der Waals surface area contributed by atoms with Gasteiger partial charge in [0, 0.05) is 24.6 Å². The second-order valence-electron chi connectivity index (χ2n) is 5.58. The summed E-state index contributed by atoms with van der Waals surface area (Å²) in [5.41, 5.74) is -1.70. The Morgan fingerprint density at radius 3 is 2.75 bits per heavy atom. The van der Waals surface area contributed by atoms with Crippen LogP contribution in [0.4, 0.5) is 17.6 Å². The van der Waals surface area contributed by atoms with Crippen LogP contribution in [0.1, 0.15) is 40.6 Å². The number of alkyl halides is 3. The molecule has 0 spiro atoms. The lowest BCUT2D eigenvalue weighted by Gasteiger charge is -2.10. The Morgan fingerprint density at radius 1 is 1.33 bits per heavy atom. The highest BCUT2D eigenvalue weighted by Gasteiger charge is 2.34. The van der Waals surface area contributed by atoms with E-state index in [4.69, 9.17) is 0 Å². The topological polar surface area (TPSA) is 59.8 Å². The lowest BCUT2D eigenvalue weighted by atomic mass is 10.1. The minimum absolute atomic E-state index is 0.197. The number of amides is 1. The highest BCUT2D eigenvalue weighted by atomic mass is 19.4. The van der Waals surface area contributed by atoms with E-state index in [1.807, 2.05) is 4.57 Å². The molecule has 0 aliphatic heterocycles. The monoisotopic (exact) mass is 342 g/mol.